The second-order valence-electron chi connectivity index (χ2n) is 6.22. The molecule has 0 aromatic carbocycles. The van der Waals surface area contributed by atoms with Gasteiger partial charge in [0.25, 0.3) is 0 Å². The molecular weight excluding hydrogens is 302 g/mol. The molecule has 0 radical (unpaired) electrons. The molecule has 0 aliphatic carbocycles. The molecule has 2 aromatic heterocycles. The number of fused-ring (bicyclic) bond motifs is 1. The third-order valence-electron chi connectivity index (χ3n) is 4.55. The van der Waals surface area contributed by atoms with Crippen LogP contribution >= 0.6 is 0 Å². The van der Waals surface area contributed by atoms with E-state index in [2.05, 4.69) is 37.3 Å². The largest absolute Gasteiger partial charge is 0.351 e. The van der Waals surface area contributed by atoms with Crippen LogP contribution in [0.3, 0.4) is 0 Å². The Labute approximate surface area is 142 Å². The van der Waals surface area contributed by atoms with Crippen LogP contribution in [0.2, 0.25) is 0 Å². The summed E-state index contributed by atoms with van der Waals surface area (Å²) in [5, 5.41) is 2.87. The van der Waals surface area contributed by atoms with Crippen molar-refractivity contribution < 1.29 is 4.79 Å². The second kappa shape index (κ2) is 7.59. The van der Waals surface area contributed by atoms with Gasteiger partial charge >= 0.3 is 0 Å². The number of carbonyl (C=O) groups is 1. The molecule has 0 saturated carbocycles. The van der Waals surface area contributed by atoms with Gasteiger partial charge in [0.05, 0.1) is 11.7 Å². The van der Waals surface area contributed by atoms with Gasteiger partial charge in [-0.25, -0.2) is 4.98 Å². The van der Waals surface area contributed by atoms with Crippen molar-refractivity contribution in [3.05, 3.63) is 48.9 Å². The molecule has 0 spiro atoms. The highest BCUT2D eigenvalue weighted by molar-refractivity contribution is 5.81. The number of rotatable bonds is 6. The summed E-state index contributed by atoms with van der Waals surface area (Å²) in [4.78, 5) is 21.3. The molecule has 6 heteroatoms. The minimum atomic E-state index is -0.0951. The van der Waals surface area contributed by atoms with E-state index in [0.29, 0.717) is 6.54 Å². The summed E-state index contributed by atoms with van der Waals surface area (Å²) in [6, 6.07) is 5.94. The number of nitrogens with one attached hydrogen (secondary N) is 1. The van der Waals surface area contributed by atoms with Crippen LogP contribution in [0.5, 0.6) is 0 Å². The van der Waals surface area contributed by atoms with E-state index in [-0.39, 0.29) is 11.9 Å². The summed E-state index contributed by atoms with van der Waals surface area (Å²) in [6.45, 7) is 10.7. The fourth-order valence-corrected chi connectivity index (χ4v) is 3.09. The first-order chi connectivity index (χ1) is 11.7. The van der Waals surface area contributed by atoms with E-state index in [4.69, 9.17) is 0 Å². The lowest BCUT2D eigenvalue weighted by atomic mass is 10.2. The molecule has 1 amide bonds. The van der Waals surface area contributed by atoms with Crippen LogP contribution in [0.25, 0.3) is 5.65 Å². The van der Waals surface area contributed by atoms with E-state index in [9.17, 15) is 4.79 Å². The zero-order chi connectivity index (χ0) is 16.9. The third kappa shape index (κ3) is 3.83. The van der Waals surface area contributed by atoms with Crippen LogP contribution in [0.1, 0.15) is 12.6 Å². The van der Waals surface area contributed by atoms with Gasteiger partial charge in [-0.3, -0.25) is 14.6 Å². The molecule has 1 atom stereocenters. The van der Waals surface area contributed by atoms with Crippen molar-refractivity contribution in [3.8, 4) is 0 Å². The zero-order valence-electron chi connectivity index (χ0n) is 14.2. The van der Waals surface area contributed by atoms with Gasteiger partial charge in [-0.1, -0.05) is 12.1 Å². The number of nitrogens with zero attached hydrogens (tertiary/aromatic N) is 4. The van der Waals surface area contributed by atoms with Gasteiger partial charge < -0.3 is 9.72 Å². The number of hydrogen-bond acceptors (Lipinski definition) is 4. The van der Waals surface area contributed by atoms with Gasteiger partial charge in [0.1, 0.15) is 5.65 Å². The van der Waals surface area contributed by atoms with Crippen LogP contribution in [0.4, 0.5) is 0 Å². The van der Waals surface area contributed by atoms with Gasteiger partial charge in [-0.05, 0) is 19.1 Å². The fraction of sp³-hybridized carbons (Fsp3) is 0.444. The maximum absolute atomic E-state index is 12.0. The minimum Gasteiger partial charge on any atom is -0.351 e. The quantitative estimate of drug-likeness (QED) is 0.809. The Morgan fingerprint density at radius 3 is 2.88 bits per heavy atom. The predicted molar refractivity (Wildman–Crippen MR) is 94.7 cm³/mol. The smallest absolute Gasteiger partial charge is 0.237 e. The van der Waals surface area contributed by atoms with Crippen LogP contribution < -0.4 is 5.32 Å². The second-order valence-corrected chi connectivity index (χ2v) is 6.22. The van der Waals surface area contributed by atoms with Gasteiger partial charge in [-0.15, -0.1) is 6.58 Å². The van der Waals surface area contributed by atoms with Gasteiger partial charge in [-0.2, -0.15) is 0 Å². The average Bonchev–Trinajstić information content (AvgIpc) is 3.02. The molecule has 1 N–H and O–H groups in total. The monoisotopic (exact) mass is 327 g/mol. The number of hydrogen-bond donors (Lipinski definition) is 1. The van der Waals surface area contributed by atoms with Gasteiger partial charge in [0, 0.05) is 51.7 Å². The molecule has 1 unspecified atom stereocenters. The molecule has 6 nitrogen and oxygen atoms in total. The van der Waals surface area contributed by atoms with Crippen LogP contribution in [0.15, 0.2) is 43.2 Å². The maximum Gasteiger partial charge on any atom is 0.237 e. The summed E-state index contributed by atoms with van der Waals surface area (Å²) in [6.07, 6.45) is 5.82. The molecule has 0 bridgehead atoms. The normalized spacial score (nSPS) is 17.7. The number of amides is 1. The lowest BCUT2D eigenvalue weighted by molar-refractivity contribution is -0.126. The first kappa shape index (κ1) is 16.7. The average molecular weight is 327 g/mol. The predicted octanol–water partition coefficient (Wildman–Crippen LogP) is 1.14. The van der Waals surface area contributed by atoms with E-state index in [1.807, 2.05) is 31.3 Å². The van der Waals surface area contributed by atoms with E-state index in [1.54, 1.807) is 6.08 Å². The molecule has 1 aliphatic rings. The van der Waals surface area contributed by atoms with Crippen molar-refractivity contribution in [1.82, 2.24) is 24.5 Å². The third-order valence-corrected chi connectivity index (χ3v) is 4.55. The zero-order valence-corrected chi connectivity index (χ0v) is 14.2. The molecule has 2 aromatic rings. The van der Waals surface area contributed by atoms with Crippen molar-refractivity contribution in [2.45, 2.75) is 19.5 Å². The molecule has 3 rings (SSSR count). The van der Waals surface area contributed by atoms with Crippen molar-refractivity contribution in [2.24, 2.45) is 0 Å². The number of aromatic nitrogens is 2. The summed E-state index contributed by atoms with van der Waals surface area (Å²) < 4.78 is 2.05. The lowest BCUT2D eigenvalue weighted by Crippen LogP contribution is -2.53. The van der Waals surface area contributed by atoms with Crippen molar-refractivity contribution >= 4 is 11.6 Å². The topological polar surface area (TPSA) is 52.9 Å². The highest BCUT2D eigenvalue weighted by Crippen LogP contribution is 2.11. The molecular formula is C18H25N5O. The highest BCUT2D eigenvalue weighted by atomic mass is 16.2. The highest BCUT2D eigenvalue weighted by Gasteiger charge is 2.25. The van der Waals surface area contributed by atoms with Gasteiger partial charge in [0.2, 0.25) is 5.91 Å². The Morgan fingerprint density at radius 1 is 1.38 bits per heavy atom. The molecule has 1 aliphatic heterocycles. The molecule has 3 heterocycles. The first-order valence-corrected chi connectivity index (χ1v) is 8.45. The van der Waals surface area contributed by atoms with E-state index >= 15 is 0 Å². The van der Waals surface area contributed by atoms with Crippen LogP contribution in [0, 0.1) is 0 Å². The first-order valence-electron chi connectivity index (χ1n) is 8.45. The number of piperazine rings is 1. The molecule has 128 valence electrons. The number of carbonyl (C=O) groups excluding carboxylic acids is 1. The molecule has 1 saturated heterocycles. The van der Waals surface area contributed by atoms with Crippen LogP contribution in [-0.2, 0) is 11.3 Å². The Hall–Kier alpha value is -2.18. The van der Waals surface area contributed by atoms with E-state index < -0.39 is 0 Å². The lowest BCUT2D eigenvalue weighted by Gasteiger charge is -2.37. The summed E-state index contributed by atoms with van der Waals surface area (Å²) in [7, 11) is 0. The van der Waals surface area contributed by atoms with Crippen molar-refractivity contribution in [3.63, 3.8) is 0 Å². The van der Waals surface area contributed by atoms with E-state index in [1.165, 1.54) is 0 Å². The maximum atomic E-state index is 12.0. The van der Waals surface area contributed by atoms with Gasteiger partial charge in [0.15, 0.2) is 0 Å². The minimum absolute atomic E-state index is 0.0729. The number of imidazole rings is 1. The van der Waals surface area contributed by atoms with Crippen molar-refractivity contribution in [2.75, 3.05) is 32.7 Å². The van der Waals surface area contributed by atoms with Crippen LogP contribution in [-0.4, -0.2) is 63.9 Å². The van der Waals surface area contributed by atoms with Crippen molar-refractivity contribution in [1.29, 1.82) is 0 Å². The SMILES string of the molecule is C=CCNC(=O)C(C)N1CCN(Cc2cn3ccccc3n2)CC1. The Bertz CT molecular complexity index is 669. The fourth-order valence-electron chi connectivity index (χ4n) is 3.09. The summed E-state index contributed by atoms with van der Waals surface area (Å²) in [5.74, 6) is 0.0729. The molecule has 1 fully saturated rings. The summed E-state index contributed by atoms with van der Waals surface area (Å²) >= 11 is 0. The number of pyridine rings is 1. The Morgan fingerprint density at radius 2 is 2.17 bits per heavy atom. The molecule has 24 heavy (non-hydrogen) atoms. The van der Waals surface area contributed by atoms with E-state index in [0.717, 1.165) is 44.1 Å². The Kier molecular flexibility index (Phi) is 5.27. The summed E-state index contributed by atoms with van der Waals surface area (Å²) in [5.41, 5.74) is 2.07. The standard InChI is InChI=1S/C18H25N5O/c1-3-7-19-18(24)15(2)22-11-9-21(10-12-22)13-16-14-23-8-5-4-6-17(23)20-16/h3-6,8,14-15H,1,7,9-13H2,2H3,(H,19,24). The Balaban J connectivity index is 1.51.